The van der Waals surface area contributed by atoms with Crippen LogP contribution in [0.3, 0.4) is 0 Å². The molecule has 0 aromatic heterocycles. The molecular weight excluding hydrogens is 634 g/mol. The van der Waals surface area contributed by atoms with Gasteiger partial charge >= 0.3 is 49.1 Å². The molecule has 0 saturated heterocycles. The second kappa shape index (κ2) is 15.6. The monoisotopic (exact) mass is 633 g/mol. The van der Waals surface area contributed by atoms with E-state index in [1.165, 1.54) is 0 Å². The van der Waals surface area contributed by atoms with Crippen LogP contribution in [0.25, 0.3) is 0 Å². The van der Waals surface area contributed by atoms with Crippen molar-refractivity contribution in [2.24, 2.45) is 0 Å². The molecule has 0 fully saturated rings. The van der Waals surface area contributed by atoms with E-state index >= 15 is 0 Å². The molecule has 0 nitrogen and oxygen atoms in total. The van der Waals surface area contributed by atoms with Crippen LogP contribution in [0.2, 0.25) is 0 Å². The van der Waals surface area contributed by atoms with Crippen molar-refractivity contribution in [2.75, 3.05) is 0 Å². The Morgan fingerprint density at radius 3 is 1.20 bits per heavy atom. The van der Waals surface area contributed by atoms with E-state index in [0.717, 1.165) is 0 Å². The molecule has 0 unspecified atom stereocenters. The van der Waals surface area contributed by atoms with Crippen molar-refractivity contribution in [3.63, 3.8) is 0 Å². The molecule has 0 aromatic carbocycles. The van der Waals surface area contributed by atoms with Gasteiger partial charge in [0, 0.05) is 48.6 Å². The van der Waals surface area contributed by atoms with Crippen LogP contribution < -0.4 is 0 Å². The van der Waals surface area contributed by atoms with E-state index in [-0.39, 0.29) is 48.6 Å². The zero-order chi connectivity index (χ0) is 2.71. The average Bonchev–Trinajstić information content (AvgIpc) is 0.918. The Bertz CT molecular complexity index is 9.61. The summed E-state index contributed by atoms with van der Waals surface area (Å²) in [6, 6.07) is 0. The normalized spacial score (nSPS) is 4.40. The van der Waals surface area contributed by atoms with Crippen molar-refractivity contribution in [3.8, 4) is 0 Å². The molecular formula is AgBiCuI2. The molecule has 0 atom stereocenters. The Balaban J connectivity index is -0.0000000200. The molecule has 4 radical (unpaired) electrons. The van der Waals surface area contributed by atoms with Crippen LogP contribution in [0.5, 0.6) is 0 Å². The summed E-state index contributed by atoms with van der Waals surface area (Å²) in [7, 11) is 1.75. The summed E-state index contributed by atoms with van der Waals surface area (Å²) in [4.78, 5) is 0. The van der Waals surface area contributed by atoms with Crippen molar-refractivity contribution < 1.29 is 30.8 Å². The van der Waals surface area contributed by atoms with Crippen LogP contribution in [0.1, 0.15) is 0 Å². The molecule has 0 rings (SSSR count). The van der Waals surface area contributed by atoms with Gasteiger partial charge in [0.15, 0.2) is 0 Å². The van der Waals surface area contributed by atoms with Crippen LogP contribution in [0, 0.1) is 0 Å². The van der Waals surface area contributed by atoms with Gasteiger partial charge in [-0.2, -0.15) is 0 Å². The van der Waals surface area contributed by atoms with E-state index in [0.29, 0.717) is 0 Å². The molecule has 0 aliphatic carbocycles. The number of hydrogen-bond acceptors (Lipinski definition) is 0. The molecule has 0 aromatic rings. The summed E-state index contributed by atoms with van der Waals surface area (Å²) in [5.74, 6) is 0. The molecule has 0 bridgehead atoms. The van der Waals surface area contributed by atoms with E-state index in [4.69, 9.17) is 0 Å². The van der Waals surface area contributed by atoms with Crippen molar-refractivity contribution in [1.82, 2.24) is 0 Å². The van der Waals surface area contributed by atoms with E-state index in [2.05, 4.69) is 40.7 Å². The Kier molecular flexibility index (Phi) is 49.6. The van der Waals surface area contributed by atoms with Gasteiger partial charge in [-0.1, -0.05) is 0 Å². The average molecular weight is 634 g/mol. The minimum absolute atomic E-state index is 0. The molecule has 0 N–H and O–H groups in total. The van der Waals surface area contributed by atoms with E-state index in [1.807, 2.05) is 0 Å². The molecule has 0 heterocycles. The molecule has 0 saturated carbocycles. The quantitative estimate of drug-likeness (QED) is 0.280. The molecule has 5 heteroatoms. The van der Waals surface area contributed by atoms with E-state index in [1.54, 1.807) is 8.46 Å². The summed E-state index contributed by atoms with van der Waals surface area (Å²) >= 11 is 4.36. The van der Waals surface area contributed by atoms with E-state index < -0.39 is 0 Å². The predicted molar refractivity (Wildman–Crippen MR) is 33.8 cm³/mol. The van der Waals surface area contributed by atoms with Gasteiger partial charge in [0.1, 0.15) is 0 Å². The van der Waals surface area contributed by atoms with Gasteiger partial charge in [0.05, 0.1) is 0 Å². The summed E-state index contributed by atoms with van der Waals surface area (Å²) in [6.07, 6.45) is 0. The third kappa shape index (κ3) is 18.4. The standard InChI is InChI=1S/Ag.Bi.Cu.2HI/h;;;2*1H/q;;+2;;/p-2. The van der Waals surface area contributed by atoms with Crippen LogP contribution in [-0.4, -0.2) is 26.2 Å². The third-order valence-electron chi connectivity index (χ3n) is 0. The van der Waals surface area contributed by atoms with Gasteiger partial charge in [0.25, 0.3) is 0 Å². The maximum atomic E-state index is 2.18. The zero-order valence-electron chi connectivity index (χ0n) is 1.81. The first-order valence-electron chi connectivity index (χ1n) is 0.228. The molecule has 5 heavy (non-hydrogen) atoms. The Morgan fingerprint density at radius 1 is 1.20 bits per heavy atom. The Morgan fingerprint density at radius 2 is 1.20 bits per heavy atom. The first kappa shape index (κ1) is 15.8. The Hall–Kier alpha value is 3.60. The molecule has 0 amide bonds. The van der Waals surface area contributed by atoms with Crippen molar-refractivity contribution in [1.29, 1.82) is 0 Å². The summed E-state index contributed by atoms with van der Waals surface area (Å²) in [5.41, 5.74) is 0. The van der Waals surface area contributed by atoms with Gasteiger partial charge in [-0.3, -0.25) is 0 Å². The van der Waals surface area contributed by atoms with Crippen LogP contribution in [0.15, 0.2) is 0 Å². The second-order valence-corrected chi connectivity index (χ2v) is 7.99. The fourth-order valence-electron chi connectivity index (χ4n) is 0. The predicted octanol–water partition coefficient (Wildman–Crippen LogP) is 1.39. The van der Waals surface area contributed by atoms with Crippen molar-refractivity contribution in [3.05, 3.63) is 0 Å². The Labute approximate surface area is 95.3 Å². The second-order valence-electron chi connectivity index (χ2n) is 0.0431. The van der Waals surface area contributed by atoms with Crippen LogP contribution >= 0.6 is 40.7 Å². The zero-order valence-corrected chi connectivity index (χ0v) is 12.0. The van der Waals surface area contributed by atoms with Gasteiger partial charge < -0.3 is 0 Å². The minimum atomic E-state index is 0. The fraction of sp³-hybridized carbons (Fsp3) is 0. The fourth-order valence-corrected chi connectivity index (χ4v) is 0. The molecule has 41 valence electrons. The molecule has 0 aliphatic heterocycles. The molecule has 0 spiro atoms. The first-order chi connectivity index (χ1) is 1.41. The van der Waals surface area contributed by atoms with Crippen LogP contribution in [-0.2, 0) is 30.8 Å². The van der Waals surface area contributed by atoms with Gasteiger partial charge in [-0.25, -0.2) is 0 Å². The van der Waals surface area contributed by atoms with Crippen molar-refractivity contribution in [2.45, 2.75) is 0 Å². The third-order valence-corrected chi connectivity index (χ3v) is 0. The van der Waals surface area contributed by atoms with E-state index in [9.17, 15) is 0 Å². The number of hydrogen-bond donors (Lipinski definition) is 0. The van der Waals surface area contributed by atoms with Crippen molar-refractivity contribution >= 4 is 66.9 Å². The topological polar surface area (TPSA) is 0 Å². The van der Waals surface area contributed by atoms with Gasteiger partial charge in [0.2, 0.25) is 0 Å². The summed E-state index contributed by atoms with van der Waals surface area (Å²) < 4.78 is 0. The summed E-state index contributed by atoms with van der Waals surface area (Å²) in [5, 5.41) is 0. The van der Waals surface area contributed by atoms with Gasteiger partial charge in [-0.05, 0) is 0 Å². The van der Waals surface area contributed by atoms with Gasteiger partial charge in [-0.15, -0.1) is 0 Å². The number of rotatable bonds is 0. The maximum absolute atomic E-state index is 2.18. The molecule has 0 aliphatic rings. The SMILES string of the molecule is [Ag].[Bi].[I][Cu][I]. The first-order valence-corrected chi connectivity index (χ1v) is 6.30. The van der Waals surface area contributed by atoms with Crippen LogP contribution in [0.4, 0.5) is 0 Å². The summed E-state index contributed by atoms with van der Waals surface area (Å²) in [6.45, 7) is 0. The number of halogens is 2.